The van der Waals surface area contributed by atoms with Gasteiger partial charge in [-0.15, -0.1) is 5.10 Å². The molecule has 2 aromatic carbocycles. The predicted molar refractivity (Wildman–Crippen MR) is 98.2 cm³/mol. The van der Waals surface area contributed by atoms with Gasteiger partial charge in [0.15, 0.2) is 0 Å². The minimum atomic E-state index is -1.17. The molecule has 1 aromatic heterocycles. The topological polar surface area (TPSA) is 114 Å². The lowest BCUT2D eigenvalue weighted by Gasteiger charge is -2.19. The van der Waals surface area contributed by atoms with Crippen LogP contribution < -0.4 is 10.9 Å². The first-order valence-corrected chi connectivity index (χ1v) is 8.38. The third-order valence-corrected chi connectivity index (χ3v) is 4.19. The molecule has 0 aliphatic rings. The highest BCUT2D eigenvalue weighted by Gasteiger charge is 2.27. The summed E-state index contributed by atoms with van der Waals surface area (Å²) < 4.78 is 1.01. The molecule has 0 unspecified atom stereocenters. The zero-order chi connectivity index (χ0) is 19.4. The first-order chi connectivity index (χ1) is 13.0. The lowest BCUT2D eigenvalue weighted by Crippen LogP contribution is -2.45. The third kappa shape index (κ3) is 4.00. The number of rotatable bonds is 6. The summed E-state index contributed by atoms with van der Waals surface area (Å²) in [5, 5.41) is 19.7. The van der Waals surface area contributed by atoms with Crippen molar-refractivity contribution >= 4 is 22.8 Å². The Morgan fingerprint density at radius 2 is 1.78 bits per heavy atom. The molecule has 2 N–H and O–H groups in total. The van der Waals surface area contributed by atoms with Crippen LogP contribution in [-0.2, 0) is 16.0 Å². The fourth-order valence-electron chi connectivity index (χ4n) is 2.70. The van der Waals surface area contributed by atoms with Crippen LogP contribution in [0.5, 0.6) is 0 Å². The largest absolute Gasteiger partial charge is 0.480 e. The van der Waals surface area contributed by atoms with E-state index in [4.69, 9.17) is 5.11 Å². The lowest BCUT2D eigenvalue weighted by molar-refractivity contribution is -0.141. The van der Waals surface area contributed by atoms with E-state index < -0.39 is 29.5 Å². The van der Waals surface area contributed by atoms with Crippen molar-refractivity contribution in [2.24, 2.45) is 0 Å². The van der Waals surface area contributed by atoms with Gasteiger partial charge in [-0.1, -0.05) is 47.7 Å². The van der Waals surface area contributed by atoms with Gasteiger partial charge in [-0.3, -0.25) is 14.4 Å². The smallest absolute Gasteiger partial charge is 0.325 e. The fourth-order valence-corrected chi connectivity index (χ4v) is 2.70. The van der Waals surface area contributed by atoms with E-state index in [0.29, 0.717) is 10.9 Å². The van der Waals surface area contributed by atoms with Gasteiger partial charge in [0.2, 0.25) is 5.91 Å². The molecule has 0 aliphatic heterocycles. The van der Waals surface area contributed by atoms with E-state index in [-0.39, 0.29) is 6.42 Å². The molecule has 1 amide bonds. The van der Waals surface area contributed by atoms with E-state index in [1.54, 1.807) is 24.3 Å². The Morgan fingerprint density at radius 1 is 1.11 bits per heavy atom. The number of carboxylic acids is 1. The highest BCUT2D eigenvalue weighted by Crippen LogP contribution is 2.14. The third-order valence-electron chi connectivity index (χ3n) is 4.19. The molecule has 27 heavy (non-hydrogen) atoms. The van der Waals surface area contributed by atoms with Gasteiger partial charge in [0.1, 0.15) is 17.6 Å². The number of nitrogens with one attached hydrogen (secondary N) is 1. The number of nitrogens with zero attached hydrogens (tertiary/aromatic N) is 3. The maximum Gasteiger partial charge on any atom is 0.325 e. The van der Waals surface area contributed by atoms with Crippen molar-refractivity contribution < 1.29 is 14.7 Å². The van der Waals surface area contributed by atoms with Crippen LogP contribution in [0.2, 0.25) is 0 Å². The van der Waals surface area contributed by atoms with Gasteiger partial charge >= 0.3 is 5.97 Å². The maximum absolute atomic E-state index is 12.8. The van der Waals surface area contributed by atoms with Gasteiger partial charge in [0.05, 0.1) is 5.39 Å². The molecule has 0 fully saturated rings. The number of hydrogen-bond acceptors (Lipinski definition) is 5. The number of amides is 1. The Morgan fingerprint density at radius 3 is 2.48 bits per heavy atom. The van der Waals surface area contributed by atoms with Crippen molar-refractivity contribution in [2.75, 3.05) is 0 Å². The summed E-state index contributed by atoms with van der Waals surface area (Å²) in [5.41, 5.74) is 0.777. The summed E-state index contributed by atoms with van der Waals surface area (Å²) in [7, 11) is 0. The summed E-state index contributed by atoms with van der Waals surface area (Å²) in [6.07, 6.45) is 0.173. The molecule has 8 heteroatoms. The van der Waals surface area contributed by atoms with Crippen molar-refractivity contribution in [3.63, 3.8) is 0 Å². The Bertz CT molecular complexity index is 1030. The number of carbonyl (C=O) groups is 2. The van der Waals surface area contributed by atoms with Gasteiger partial charge in [-0.25, -0.2) is 0 Å². The van der Waals surface area contributed by atoms with Gasteiger partial charge < -0.3 is 10.4 Å². The number of aromatic nitrogens is 3. The van der Waals surface area contributed by atoms with Crippen LogP contribution in [0.15, 0.2) is 59.4 Å². The van der Waals surface area contributed by atoms with E-state index in [0.717, 1.165) is 10.2 Å². The minimum absolute atomic E-state index is 0.173. The molecule has 8 nitrogen and oxygen atoms in total. The molecule has 0 saturated carbocycles. The van der Waals surface area contributed by atoms with Crippen LogP contribution in [0.1, 0.15) is 18.5 Å². The van der Waals surface area contributed by atoms with Crippen LogP contribution in [0.25, 0.3) is 10.9 Å². The van der Waals surface area contributed by atoms with Gasteiger partial charge in [-0.2, -0.15) is 4.68 Å². The van der Waals surface area contributed by atoms with Gasteiger partial charge in [0, 0.05) is 6.42 Å². The summed E-state index contributed by atoms with van der Waals surface area (Å²) in [6, 6.07) is 13.7. The van der Waals surface area contributed by atoms with Crippen LogP contribution in [0.4, 0.5) is 0 Å². The minimum Gasteiger partial charge on any atom is -0.480 e. The maximum atomic E-state index is 12.8. The number of aliphatic carboxylic acids is 1. The number of carboxylic acid groups (broad SMARTS) is 1. The SMILES string of the molecule is C[C@H](NC(=O)[C@H](Cc1ccccc1)n1nnc2ccccc2c1=O)C(=O)O. The predicted octanol–water partition coefficient (Wildman–Crippen LogP) is 1.16. The van der Waals surface area contributed by atoms with Crippen molar-refractivity contribution in [1.82, 2.24) is 20.3 Å². The molecule has 0 saturated heterocycles. The summed E-state index contributed by atoms with van der Waals surface area (Å²) in [4.78, 5) is 36.7. The first kappa shape index (κ1) is 18.2. The Kier molecular flexibility index (Phi) is 5.25. The molecule has 2 atom stereocenters. The van der Waals surface area contributed by atoms with Crippen molar-refractivity contribution in [2.45, 2.75) is 25.4 Å². The van der Waals surface area contributed by atoms with Crippen LogP contribution >= 0.6 is 0 Å². The first-order valence-electron chi connectivity index (χ1n) is 8.38. The van der Waals surface area contributed by atoms with E-state index in [1.165, 1.54) is 6.92 Å². The number of benzene rings is 2. The van der Waals surface area contributed by atoms with Crippen molar-refractivity contribution in [3.8, 4) is 0 Å². The molecule has 0 spiro atoms. The summed E-state index contributed by atoms with van der Waals surface area (Å²) >= 11 is 0. The number of carbonyl (C=O) groups excluding carboxylic acids is 1. The molecular weight excluding hydrogens is 348 g/mol. The van der Waals surface area contributed by atoms with Crippen molar-refractivity contribution in [1.29, 1.82) is 0 Å². The zero-order valence-electron chi connectivity index (χ0n) is 14.6. The molecular formula is C19H18N4O4. The Labute approximate surface area is 154 Å². The Hall–Kier alpha value is -3.55. The standard InChI is InChI=1S/C19H18N4O4/c1-12(19(26)27)20-17(24)16(11-13-7-3-2-4-8-13)23-18(25)14-9-5-6-10-15(14)21-22-23/h2-10,12,16H,11H2,1H3,(H,20,24)(H,26,27)/t12-,16-/m0/s1. The molecule has 138 valence electrons. The highest BCUT2D eigenvalue weighted by molar-refractivity contribution is 5.86. The second-order valence-corrected chi connectivity index (χ2v) is 6.13. The van der Waals surface area contributed by atoms with Gasteiger partial charge in [0.25, 0.3) is 5.56 Å². The van der Waals surface area contributed by atoms with Crippen LogP contribution in [-0.4, -0.2) is 38.0 Å². The normalized spacial score (nSPS) is 13.1. The molecule has 3 aromatic rings. The monoisotopic (exact) mass is 366 g/mol. The summed E-state index contributed by atoms with van der Waals surface area (Å²) in [5.74, 6) is -1.78. The average molecular weight is 366 g/mol. The van der Waals surface area contributed by atoms with Gasteiger partial charge in [-0.05, 0) is 24.6 Å². The molecule has 3 rings (SSSR count). The van der Waals surface area contributed by atoms with E-state index >= 15 is 0 Å². The second kappa shape index (κ2) is 7.77. The quantitative estimate of drug-likeness (QED) is 0.677. The fraction of sp³-hybridized carbons (Fsp3) is 0.211. The van der Waals surface area contributed by atoms with Crippen molar-refractivity contribution in [3.05, 3.63) is 70.5 Å². The Balaban J connectivity index is 2.03. The van der Waals surface area contributed by atoms with Crippen LogP contribution in [0.3, 0.4) is 0 Å². The van der Waals surface area contributed by atoms with E-state index in [9.17, 15) is 14.4 Å². The number of fused-ring (bicyclic) bond motifs is 1. The highest BCUT2D eigenvalue weighted by atomic mass is 16.4. The van der Waals surface area contributed by atoms with E-state index in [1.807, 2.05) is 30.3 Å². The van der Waals surface area contributed by atoms with Crippen LogP contribution in [0, 0.1) is 0 Å². The summed E-state index contributed by atoms with van der Waals surface area (Å²) in [6.45, 7) is 1.36. The molecule has 0 aliphatic carbocycles. The zero-order valence-corrected chi connectivity index (χ0v) is 14.6. The van der Waals surface area contributed by atoms with E-state index in [2.05, 4.69) is 15.6 Å². The molecule has 0 bridgehead atoms. The lowest BCUT2D eigenvalue weighted by atomic mass is 10.0. The average Bonchev–Trinajstić information content (AvgIpc) is 2.67. The molecule has 0 radical (unpaired) electrons. The second-order valence-electron chi connectivity index (χ2n) is 6.13. The molecule has 1 heterocycles. The number of hydrogen-bond donors (Lipinski definition) is 2.